The number of rotatable bonds is 4. The van der Waals surface area contributed by atoms with Crippen LogP contribution in [0.5, 0.6) is 11.5 Å². The van der Waals surface area contributed by atoms with Crippen molar-refractivity contribution in [3.8, 4) is 11.5 Å². The quantitative estimate of drug-likeness (QED) is 0.667. The fourth-order valence-corrected chi connectivity index (χ4v) is 3.64. The Bertz CT molecular complexity index is 968. The molecule has 130 valence electrons. The second-order valence-electron chi connectivity index (χ2n) is 5.31. The molecule has 1 aliphatic heterocycles. The van der Waals surface area contributed by atoms with Gasteiger partial charge in [-0.2, -0.15) is 13.5 Å². The van der Waals surface area contributed by atoms with Gasteiger partial charge in [-0.25, -0.2) is 5.01 Å². The summed E-state index contributed by atoms with van der Waals surface area (Å²) >= 11 is 0. The van der Waals surface area contributed by atoms with Gasteiger partial charge in [0.2, 0.25) is 0 Å². The van der Waals surface area contributed by atoms with Gasteiger partial charge in [-0.1, -0.05) is 12.1 Å². The van der Waals surface area contributed by atoms with E-state index in [1.54, 1.807) is 37.4 Å². The molecule has 0 saturated heterocycles. The molecule has 7 nitrogen and oxygen atoms in total. The van der Waals surface area contributed by atoms with Crippen molar-refractivity contribution in [1.29, 1.82) is 0 Å². The highest BCUT2D eigenvalue weighted by Crippen LogP contribution is 2.28. The number of aromatic hydroxyl groups is 1. The van der Waals surface area contributed by atoms with E-state index in [9.17, 15) is 13.5 Å². The number of phenols is 1. The van der Waals surface area contributed by atoms with Crippen molar-refractivity contribution in [1.82, 2.24) is 5.01 Å². The number of fused-ring (bicyclic) bond motifs is 1. The van der Waals surface area contributed by atoms with Crippen molar-refractivity contribution in [3.05, 3.63) is 53.6 Å². The molecular weight excluding hydrogens is 342 g/mol. The first-order valence-corrected chi connectivity index (χ1v) is 9.04. The second kappa shape index (κ2) is 6.56. The minimum atomic E-state index is -3.68. The lowest BCUT2D eigenvalue weighted by Gasteiger charge is -2.12. The lowest BCUT2D eigenvalue weighted by atomic mass is 10.2. The number of nitrogens with zero attached hydrogens (tertiary/aromatic N) is 3. The molecule has 1 aliphatic rings. The summed E-state index contributed by atoms with van der Waals surface area (Å²) in [6.45, 7) is 2.25. The van der Waals surface area contributed by atoms with Gasteiger partial charge >= 0.3 is 0 Å². The van der Waals surface area contributed by atoms with Gasteiger partial charge in [-0.15, -0.1) is 4.40 Å². The Morgan fingerprint density at radius 3 is 2.80 bits per heavy atom. The topological polar surface area (TPSA) is 91.6 Å². The van der Waals surface area contributed by atoms with Crippen LogP contribution in [0.4, 0.5) is 0 Å². The third kappa shape index (κ3) is 3.34. The fraction of sp³-hybridized carbons (Fsp3) is 0.176. The first-order chi connectivity index (χ1) is 11.9. The molecule has 0 bridgehead atoms. The number of amidine groups is 1. The molecule has 8 heteroatoms. The van der Waals surface area contributed by atoms with E-state index in [-0.39, 0.29) is 16.5 Å². The maximum atomic E-state index is 12.1. The predicted molar refractivity (Wildman–Crippen MR) is 94.8 cm³/mol. The average molecular weight is 359 g/mol. The zero-order valence-electron chi connectivity index (χ0n) is 13.7. The normalized spacial score (nSPS) is 15.0. The van der Waals surface area contributed by atoms with Crippen LogP contribution in [0, 0.1) is 0 Å². The Balaban J connectivity index is 1.87. The minimum Gasteiger partial charge on any atom is -0.504 e. The second-order valence-corrected chi connectivity index (χ2v) is 6.89. The number of benzene rings is 2. The van der Waals surface area contributed by atoms with Gasteiger partial charge in [-0.05, 0) is 42.8 Å². The van der Waals surface area contributed by atoms with Gasteiger partial charge < -0.3 is 9.84 Å². The van der Waals surface area contributed by atoms with Crippen LogP contribution in [0.3, 0.4) is 0 Å². The summed E-state index contributed by atoms with van der Waals surface area (Å²) in [6.07, 6.45) is 1.54. The van der Waals surface area contributed by atoms with Crippen molar-refractivity contribution in [2.75, 3.05) is 13.7 Å². The lowest BCUT2D eigenvalue weighted by molar-refractivity contribution is 0.318. The molecule has 0 unspecified atom stereocenters. The standard InChI is InChI=1S/C17H17N3O4S/c1-3-24-15-10-12(8-9-14(15)21)11-18-20(2)17-13-6-4-5-7-16(13)25(22,23)19-17/h4-11,21H,3H2,1-2H3/b18-11+. The van der Waals surface area contributed by atoms with Gasteiger partial charge in [0.05, 0.1) is 12.8 Å². The number of hydrazone groups is 1. The lowest BCUT2D eigenvalue weighted by Crippen LogP contribution is -2.21. The number of hydrogen-bond acceptors (Lipinski definition) is 6. The Morgan fingerprint density at radius 2 is 2.04 bits per heavy atom. The summed E-state index contributed by atoms with van der Waals surface area (Å²) in [7, 11) is -2.06. The molecule has 1 heterocycles. The zero-order chi connectivity index (χ0) is 18.0. The Labute approximate surface area is 145 Å². The minimum absolute atomic E-state index is 0.0487. The van der Waals surface area contributed by atoms with E-state index in [1.165, 1.54) is 23.4 Å². The van der Waals surface area contributed by atoms with Crippen LogP contribution >= 0.6 is 0 Å². The molecule has 0 radical (unpaired) electrons. The van der Waals surface area contributed by atoms with Crippen molar-refractivity contribution in [3.63, 3.8) is 0 Å². The molecule has 3 rings (SSSR count). The van der Waals surface area contributed by atoms with E-state index in [1.807, 2.05) is 6.92 Å². The molecule has 0 aliphatic carbocycles. The van der Waals surface area contributed by atoms with Gasteiger partial charge in [-0.3, -0.25) is 0 Å². The SMILES string of the molecule is CCOc1cc(/C=N/N(C)C2=NS(=O)(=O)c3ccccc32)ccc1O. The van der Waals surface area contributed by atoms with Gasteiger partial charge in [0, 0.05) is 12.6 Å². The number of hydrogen-bond donors (Lipinski definition) is 1. The summed E-state index contributed by atoms with van der Waals surface area (Å²) in [4.78, 5) is 0.176. The first-order valence-electron chi connectivity index (χ1n) is 7.60. The van der Waals surface area contributed by atoms with E-state index in [0.29, 0.717) is 23.5 Å². The van der Waals surface area contributed by atoms with Crippen LogP contribution in [0.1, 0.15) is 18.1 Å². The molecular formula is C17H17N3O4S. The molecule has 0 aromatic heterocycles. The smallest absolute Gasteiger partial charge is 0.285 e. The molecule has 0 fully saturated rings. The van der Waals surface area contributed by atoms with E-state index in [0.717, 1.165) is 0 Å². The molecule has 2 aromatic carbocycles. The third-order valence-corrected chi connectivity index (χ3v) is 4.91. The fourth-order valence-electron chi connectivity index (χ4n) is 2.41. The summed E-state index contributed by atoms with van der Waals surface area (Å²) < 4.78 is 33.3. The van der Waals surface area contributed by atoms with Crippen LogP contribution in [0.25, 0.3) is 0 Å². The number of phenolic OH excluding ortho intramolecular Hbond substituents is 1. The zero-order valence-corrected chi connectivity index (χ0v) is 14.6. The van der Waals surface area contributed by atoms with Crippen LogP contribution in [0.2, 0.25) is 0 Å². The highest BCUT2D eigenvalue weighted by Gasteiger charge is 2.30. The van der Waals surface area contributed by atoms with Gasteiger partial charge in [0.15, 0.2) is 17.3 Å². The maximum absolute atomic E-state index is 12.1. The monoisotopic (exact) mass is 359 g/mol. The molecule has 0 spiro atoms. The third-order valence-electron chi connectivity index (χ3n) is 3.58. The highest BCUT2D eigenvalue weighted by molar-refractivity contribution is 7.90. The van der Waals surface area contributed by atoms with E-state index in [2.05, 4.69) is 9.50 Å². The van der Waals surface area contributed by atoms with E-state index < -0.39 is 10.0 Å². The van der Waals surface area contributed by atoms with Crippen LogP contribution in [-0.4, -0.2) is 44.2 Å². The van der Waals surface area contributed by atoms with E-state index in [4.69, 9.17) is 4.74 Å². The summed E-state index contributed by atoms with van der Waals surface area (Å²) in [6, 6.07) is 11.5. The maximum Gasteiger partial charge on any atom is 0.285 e. The Morgan fingerprint density at radius 1 is 1.28 bits per heavy atom. The van der Waals surface area contributed by atoms with Crippen molar-refractivity contribution in [2.24, 2.45) is 9.50 Å². The van der Waals surface area contributed by atoms with Crippen molar-refractivity contribution in [2.45, 2.75) is 11.8 Å². The highest BCUT2D eigenvalue weighted by atomic mass is 32.2. The van der Waals surface area contributed by atoms with Crippen molar-refractivity contribution >= 4 is 22.1 Å². The van der Waals surface area contributed by atoms with Crippen LogP contribution in [-0.2, 0) is 10.0 Å². The van der Waals surface area contributed by atoms with E-state index >= 15 is 0 Å². The van der Waals surface area contributed by atoms with Gasteiger partial charge in [0.25, 0.3) is 10.0 Å². The average Bonchev–Trinajstić information content (AvgIpc) is 2.87. The predicted octanol–water partition coefficient (Wildman–Crippen LogP) is 2.21. The molecule has 25 heavy (non-hydrogen) atoms. The largest absolute Gasteiger partial charge is 0.504 e. The first kappa shape index (κ1) is 17.0. The summed E-state index contributed by atoms with van der Waals surface area (Å²) in [5.74, 6) is 0.670. The molecule has 0 amide bonds. The molecule has 0 atom stereocenters. The van der Waals surface area contributed by atoms with Crippen LogP contribution < -0.4 is 4.74 Å². The van der Waals surface area contributed by atoms with Crippen molar-refractivity contribution < 1.29 is 18.3 Å². The summed E-state index contributed by atoms with van der Waals surface area (Å²) in [5.41, 5.74) is 1.21. The molecule has 2 aromatic rings. The molecule has 1 N–H and O–H groups in total. The number of ether oxygens (including phenoxy) is 1. The van der Waals surface area contributed by atoms with Crippen LogP contribution in [0.15, 0.2) is 56.9 Å². The molecule has 0 saturated carbocycles. The van der Waals surface area contributed by atoms with Gasteiger partial charge in [0.1, 0.15) is 4.90 Å². The number of sulfonamides is 1. The Kier molecular flexibility index (Phi) is 4.45. The Hall–Kier alpha value is -2.87. The summed E-state index contributed by atoms with van der Waals surface area (Å²) in [5, 5.41) is 15.4.